The molecule has 4 rings (SSSR count). The molecule has 0 spiro atoms. The number of amides is 1. The lowest BCUT2D eigenvalue weighted by atomic mass is 10.1. The number of hydrogen-bond acceptors (Lipinski definition) is 5. The highest BCUT2D eigenvalue weighted by molar-refractivity contribution is 6.32. The summed E-state index contributed by atoms with van der Waals surface area (Å²) < 4.78 is 10.8. The van der Waals surface area contributed by atoms with Crippen LogP contribution in [0.5, 0.6) is 5.75 Å². The van der Waals surface area contributed by atoms with Gasteiger partial charge in [0.15, 0.2) is 11.2 Å². The van der Waals surface area contributed by atoms with Crippen LogP contribution in [0.25, 0.3) is 22.7 Å². The Balaban J connectivity index is 1.59. The van der Waals surface area contributed by atoms with Gasteiger partial charge in [0.1, 0.15) is 5.75 Å². The average Bonchev–Trinajstić information content (AvgIpc) is 3.12. The van der Waals surface area contributed by atoms with Crippen LogP contribution in [0.2, 0.25) is 5.02 Å². The highest BCUT2D eigenvalue weighted by Crippen LogP contribution is 2.27. The first kappa shape index (κ1) is 17.1. The first-order valence-electron chi connectivity index (χ1n) is 8.11. The van der Waals surface area contributed by atoms with Gasteiger partial charge in [0.2, 0.25) is 5.89 Å². The van der Waals surface area contributed by atoms with Crippen LogP contribution < -0.4 is 10.1 Å². The topological polar surface area (TPSA) is 77.2 Å². The van der Waals surface area contributed by atoms with Gasteiger partial charge < -0.3 is 14.5 Å². The number of oxazole rings is 1. The minimum atomic E-state index is -0.282. The molecule has 0 aliphatic heterocycles. The summed E-state index contributed by atoms with van der Waals surface area (Å²) in [6.07, 6.45) is 1.66. The molecule has 0 saturated carbocycles. The molecule has 0 bridgehead atoms. The Kier molecular flexibility index (Phi) is 4.48. The van der Waals surface area contributed by atoms with Gasteiger partial charge in [-0.2, -0.15) is 4.98 Å². The SMILES string of the molecule is COc1ccc(C(=O)Nc2cccc(-c3nc4ncccc4o3)c2)cc1Cl. The van der Waals surface area contributed by atoms with Gasteiger partial charge in [-0.1, -0.05) is 17.7 Å². The highest BCUT2D eigenvalue weighted by atomic mass is 35.5. The molecule has 0 atom stereocenters. The van der Waals surface area contributed by atoms with Crippen molar-refractivity contribution < 1.29 is 13.9 Å². The summed E-state index contributed by atoms with van der Waals surface area (Å²) in [5.74, 6) is 0.669. The molecule has 2 aromatic heterocycles. The fourth-order valence-corrected chi connectivity index (χ4v) is 2.89. The molecular weight excluding hydrogens is 366 g/mol. The van der Waals surface area contributed by atoms with E-state index in [-0.39, 0.29) is 5.91 Å². The second kappa shape index (κ2) is 7.09. The van der Waals surface area contributed by atoms with Gasteiger partial charge in [0.25, 0.3) is 5.91 Å². The summed E-state index contributed by atoms with van der Waals surface area (Å²) in [5, 5.41) is 3.22. The van der Waals surface area contributed by atoms with E-state index in [0.29, 0.717) is 39.1 Å². The summed E-state index contributed by atoms with van der Waals surface area (Å²) in [7, 11) is 1.52. The summed E-state index contributed by atoms with van der Waals surface area (Å²) in [4.78, 5) is 21.0. The Morgan fingerprint density at radius 3 is 2.81 bits per heavy atom. The Labute approximate surface area is 159 Å². The van der Waals surface area contributed by atoms with E-state index < -0.39 is 0 Å². The van der Waals surface area contributed by atoms with Crippen molar-refractivity contribution in [3.8, 4) is 17.2 Å². The van der Waals surface area contributed by atoms with Crippen molar-refractivity contribution in [2.75, 3.05) is 12.4 Å². The van der Waals surface area contributed by atoms with E-state index in [1.165, 1.54) is 7.11 Å². The first-order chi connectivity index (χ1) is 13.1. The smallest absolute Gasteiger partial charge is 0.255 e. The van der Waals surface area contributed by atoms with Gasteiger partial charge in [-0.3, -0.25) is 4.79 Å². The van der Waals surface area contributed by atoms with Gasteiger partial charge in [0.05, 0.1) is 12.1 Å². The summed E-state index contributed by atoms with van der Waals surface area (Å²) >= 11 is 6.09. The standard InChI is InChI=1S/C20H14ClN3O3/c1-26-16-8-7-12(11-15(16)21)19(25)23-14-5-2-4-13(10-14)20-24-18-17(27-20)6-3-9-22-18/h2-11H,1H3,(H,23,25). The summed E-state index contributed by atoms with van der Waals surface area (Å²) in [6.45, 7) is 0. The van der Waals surface area contributed by atoms with Crippen molar-refractivity contribution in [3.05, 3.63) is 71.4 Å². The normalized spacial score (nSPS) is 10.7. The maximum Gasteiger partial charge on any atom is 0.255 e. The molecule has 1 N–H and O–H groups in total. The number of anilines is 1. The second-order valence-corrected chi connectivity index (χ2v) is 6.14. The predicted molar refractivity (Wildman–Crippen MR) is 103 cm³/mol. The molecule has 0 saturated heterocycles. The zero-order valence-corrected chi connectivity index (χ0v) is 15.0. The molecule has 2 aromatic carbocycles. The number of pyridine rings is 1. The number of fused-ring (bicyclic) bond motifs is 1. The van der Waals surface area contributed by atoms with Gasteiger partial charge >= 0.3 is 0 Å². The number of carbonyl (C=O) groups excluding carboxylic acids is 1. The molecule has 1 amide bonds. The molecule has 0 radical (unpaired) electrons. The van der Waals surface area contributed by atoms with Crippen molar-refractivity contribution >= 4 is 34.4 Å². The zero-order chi connectivity index (χ0) is 18.8. The molecule has 0 fully saturated rings. The van der Waals surface area contributed by atoms with Crippen LogP contribution >= 0.6 is 11.6 Å². The second-order valence-electron chi connectivity index (χ2n) is 5.73. The van der Waals surface area contributed by atoms with Crippen molar-refractivity contribution in [3.63, 3.8) is 0 Å². The van der Waals surface area contributed by atoms with Gasteiger partial charge in [-0.15, -0.1) is 0 Å². The largest absolute Gasteiger partial charge is 0.495 e. The maximum absolute atomic E-state index is 12.5. The monoisotopic (exact) mass is 379 g/mol. The number of methoxy groups -OCH3 is 1. The van der Waals surface area contributed by atoms with Crippen LogP contribution in [0.3, 0.4) is 0 Å². The number of halogens is 1. The number of ether oxygens (including phenoxy) is 1. The molecule has 2 heterocycles. The summed E-state index contributed by atoms with van der Waals surface area (Å²) in [5.41, 5.74) is 2.92. The lowest BCUT2D eigenvalue weighted by Gasteiger charge is -2.08. The molecule has 0 aliphatic rings. The van der Waals surface area contributed by atoms with Gasteiger partial charge in [-0.05, 0) is 48.5 Å². The van der Waals surface area contributed by atoms with E-state index in [0.717, 1.165) is 5.56 Å². The Morgan fingerprint density at radius 1 is 1.15 bits per heavy atom. The third-order valence-corrected chi connectivity index (χ3v) is 4.24. The Morgan fingerprint density at radius 2 is 2.04 bits per heavy atom. The van der Waals surface area contributed by atoms with E-state index in [1.807, 2.05) is 12.1 Å². The average molecular weight is 380 g/mol. The van der Waals surface area contributed by atoms with E-state index in [9.17, 15) is 4.79 Å². The van der Waals surface area contributed by atoms with Crippen molar-refractivity contribution in [2.24, 2.45) is 0 Å². The van der Waals surface area contributed by atoms with Crippen molar-refractivity contribution in [1.82, 2.24) is 9.97 Å². The molecular formula is C20H14ClN3O3. The van der Waals surface area contributed by atoms with Crippen LogP contribution in [-0.4, -0.2) is 23.0 Å². The van der Waals surface area contributed by atoms with Crippen LogP contribution in [-0.2, 0) is 0 Å². The number of rotatable bonds is 4. The quantitative estimate of drug-likeness (QED) is 0.551. The molecule has 134 valence electrons. The lowest BCUT2D eigenvalue weighted by Crippen LogP contribution is -2.11. The highest BCUT2D eigenvalue weighted by Gasteiger charge is 2.12. The lowest BCUT2D eigenvalue weighted by molar-refractivity contribution is 0.102. The zero-order valence-electron chi connectivity index (χ0n) is 14.3. The molecule has 6 nitrogen and oxygen atoms in total. The van der Waals surface area contributed by atoms with Crippen LogP contribution in [0.4, 0.5) is 5.69 Å². The van der Waals surface area contributed by atoms with E-state index in [4.69, 9.17) is 20.8 Å². The number of hydrogen-bond donors (Lipinski definition) is 1. The molecule has 7 heteroatoms. The first-order valence-corrected chi connectivity index (χ1v) is 8.49. The van der Waals surface area contributed by atoms with E-state index >= 15 is 0 Å². The Bertz CT molecular complexity index is 1110. The van der Waals surface area contributed by atoms with Crippen LogP contribution in [0, 0.1) is 0 Å². The molecule has 0 aliphatic carbocycles. The van der Waals surface area contributed by atoms with Crippen LogP contribution in [0.15, 0.2) is 65.2 Å². The third-order valence-electron chi connectivity index (χ3n) is 3.95. The third kappa shape index (κ3) is 3.47. The maximum atomic E-state index is 12.5. The number of nitrogens with one attached hydrogen (secondary N) is 1. The fourth-order valence-electron chi connectivity index (χ4n) is 2.63. The minimum Gasteiger partial charge on any atom is -0.495 e. The number of nitrogens with zero attached hydrogens (tertiary/aromatic N) is 2. The molecule has 27 heavy (non-hydrogen) atoms. The number of aromatic nitrogens is 2. The molecule has 4 aromatic rings. The summed E-state index contributed by atoms with van der Waals surface area (Å²) in [6, 6.07) is 15.7. The van der Waals surface area contributed by atoms with Crippen LogP contribution in [0.1, 0.15) is 10.4 Å². The fraction of sp³-hybridized carbons (Fsp3) is 0.0500. The van der Waals surface area contributed by atoms with E-state index in [1.54, 1.807) is 48.7 Å². The predicted octanol–water partition coefficient (Wildman–Crippen LogP) is 4.80. The van der Waals surface area contributed by atoms with Gasteiger partial charge in [0, 0.05) is 23.0 Å². The minimum absolute atomic E-state index is 0.282. The molecule has 0 unspecified atom stereocenters. The van der Waals surface area contributed by atoms with Gasteiger partial charge in [-0.25, -0.2) is 4.98 Å². The van der Waals surface area contributed by atoms with Crippen molar-refractivity contribution in [1.29, 1.82) is 0 Å². The Hall–Kier alpha value is -3.38. The van der Waals surface area contributed by atoms with E-state index in [2.05, 4.69) is 15.3 Å². The van der Waals surface area contributed by atoms with Crippen molar-refractivity contribution in [2.45, 2.75) is 0 Å². The number of benzene rings is 2. The number of carbonyl (C=O) groups is 1.